The highest BCUT2D eigenvalue weighted by Gasteiger charge is 2.20. The van der Waals surface area contributed by atoms with Crippen LogP contribution in [0.15, 0.2) is 42.5 Å². The van der Waals surface area contributed by atoms with Gasteiger partial charge in [0, 0.05) is 18.2 Å². The van der Waals surface area contributed by atoms with E-state index < -0.39 is 18.0 Å². The fourth-order valence-electron chi connectivity index (χ4n) is 2.65. The Hall–Kier alpha value is -3.73. The van der Waals surface area contributed by atoms with E-state index in [1.807, 2.05) is 0 Å². The Morgan fingerprint density at radius 3 is 2.47 bits per heavy atom. The second-order valence-electron chi connectivity index (χ2n) is 6.19. The van der Waals surface area contributed by atoms with Gasteiger partial charge < -0.3 is 24.3 Å². The SMILES string of the molecule is CCOC(=O)COc1ccc(OC)cc1C(COC(C)=O)Nc1ccc(C#N)cc1. The highest BCUT2D eigenvalue weighted by Crippen LogP contribution is 2.32. The zero-order valence-corrected chi connectivity index (χ0v) is 17.1. The van der Waals surface area contributed by atoms with E-state index in [0.717, 1.165) is 0 Å². The summed E-state index contributed by atoms with van der Waals surface area (Å²) in [5.41, 5.74) is 1.87. The second-order valence-corrected chi connectivity index (χ2v) is 6.19. The molecule has 0 fully saturated rings. The molecule has 158 valence electrons. The summed E-state index contributed by atoms with van der Waals surface area (Å²) in [6.45, 7) is 3.05. The lowest BCUT2D eigenvalue weighted by Gasteiger charge is -2.23. The van der Waals surface area contributed by atoms with Gasteiger partial charge in [0.2, 0.25) is 0 Å². The van der Waals surface area contributed by atoms with E-state index in [9.17, 15) is 9.59 Å². The van der Waals surface area contributed by atoms with Crippen LogP contribution in [-0.2, 0) is 19.1 Å². The van der Waals surface area contributed by atoms with E-state index in [4.69, 9.17) is 24.2 Å². The highest BCUT2D eigenvalue weighted by atomic mass is 16.6. The first-order valence-corrected chi connectivity index (χ1v) is 9.33. The number of hydrogen-bond acceptors (Lipinski definition) is 8. The first kappa shape index (κ1) is 22.6. The quantitative estimate of drug-likeness (QED) is 0.593. The smallest absolute Gasteiger partial charge is 0.344 e. The minimum atomic E-state index is -0.505. The summed E-state index contributed by atoms with van der Waals surface area (Å²) in [6, 6.07) is 13.5. The van der Waals surface area contributed by atoms with Crippen molar-refractivity contribution in [2.75, 3.05) is 32.2 Å². The molecule has 0 aliphatic rings. The first-order valence-electron chi connectivity index (χ1n) is 9.33. The normalized spacial score (nSPS) is 11.0. The van der Waals surface area contributed by atoms with Gasteiger partial charge in [-0.25, -0.2) is 4.79 Å². The number of ether oxygens (including phenoxy) is 4. The molecule has 8 nitrogen and oxygen atoms in total. The molecule has 1 N–H and O–H groups in total. The molecule has 2 aromatic rings. The van der Waals surface area contributed by atoms with Gasteiger partial charge in [-0.1, -0.05) is 0 Å². The number of nitrogens with zero attached hydrogens (tertiary/aromatic N) is 1. The Morgan fingerprint density at radius 1 is 1.13 bits per heavy atom. The van der Waals surface area contributed by atoms with Crippen LogP contribution in [0.25, 0.3) is 0 Å². The average Bonchev–Trinajstić information content (AvgIpc) is 2.75. The Balaban J connectivity index is 2.34. The molecular weight excluding hydrogens is 388 g/mol. The van der Waals surface area contributed by atoms with Crippen molar-refractivity contribution in [1.82, 2.24) is 0 Å². The largest absolute Gasteiger partial charge is 0.497 e. The second kappa shape index (κ2) is 11.3. The Labute approximate surface area is 175 Å². The Kier molecular flexibility index (Phi) is 8.51. The van der Waals surface area contributed by atoms with E-state index in [0.29, 0.717) is 28.3 Å². The number of benzene rings is 2. The van der Waals surface area contributed by atoms with Crippen LogP contribution < -0.4 is 14.8 Å². The van der Waals surface area contributed by atoms with Crippen LogP contribution in [0.1, 0.15) is 31.0 Å². The molecule has 0 spiro atoms. The summed E-state index contributed by atoms with van der Waals surface area (Å²) < 4.78 is 21.1. The lowest BCUT2D eigenvalue weighted by Crippen LogP contribution is -2.21. The summed E-state index contributed by atoms with van der Waals surface area (Å²) in [7, 11) is 1.54. The van der Waals surface area contributed by atoms with Crippen LogP contribution in [0.2, 0.25) is 0 Å². The van der Waals surface area contributed by atoms with Crippen LogP contribution in [0.5, 0.6) is 11.5 Å². The van der Waals surface area contributed by atoms with E-state index in [1.165, 1.54) is 14.0 Å². The maximum atomic E-state index is 11.7. The topological polar surface area (TPSA) is 107 Å². The summed E-state index contributed by atoms with van der Waals surface area (Å²) in [5, 5.41) is 12.2. The van der Waals surface area contributed by atoms with Crippen LogP contribution >= 0.6 is 0 Å². The fraction of sp³-hybridized carbons (Fsp3) is 0.318. The van der Waals surface area contributed by atoms with E-state index >= 15 is 0 Å². The maximum absolute atomic E-state index is 11.7. The van der Waals surface area contributed by atoms with Gasteiger partial charge in [-0.05, 0) is 49.4 Å². The molecule has 0 aliphatic carbocycles. The molecule has 0 heterocycles. The number of nitriles is 1. The van der Waals surface area contributed by atoms with Crippen molar-refractivity contribution in [2.24, 2.45) is 0 Å². The van der Waals surface area contributed by atoms with Gasteiger partial charge in [-0.15, -0.1) is 0 Å². The van der Waals surface area contributed by atoms with Gasteiger partial charge in [0.15, 0.2) is 6.61 Å². The minimum absolute atomic E-state index is 0.0122. The lowest BCUT2D eigenvalue weighted by molar-refractivity contribution is -0.145. The van der Waals surface area contributed by atoms with Crippen molar-refractivity contribution in [3.05, 3.63) is 53.6 Å². The minimum Gasteiger partial charge on any atom is -0.497 e. The zero-order chi connectivity index (χ0) is 21.9. The highest BCUT2D eigenvalue weighted by molar-refractivity contribution is 5.71. The molecule has 0 aromatic heterocycles. The van der Waals surface area contributed by atoms with Gasteiger partial charge in [-0.3, -0.25) is 4.79 Å². The summed E-state index contributed by atoms with van der Waals surface area (Å²) in [4.78, 5) is 23.1. The van der Waals surface area contributed by atoms with Crippen molar-refractivity contribution in [3.8, 4) is 17.6 Å². The predicted octanol–water partition coefficient (Wildman–Crippen LogP) is 3.23. The zero-order valence-electron chi connectivity index (χ0n) is 17.1. The Bertz CT molecular complexity index is 905. The molecule has 1 atom stereocenters. The van der Waals surface area contributed by atoms with Gasteiger partial charge in [0.05, 0.1) is 31.4 Å². The van der Waals surface area contributed by atoms with Crippen LogP contribution in [0.3, 0.4) is 0 Å². The number of nitrogens with one attached hydrogen (secondary N) is 1. The molecule has 0 aliphatic heterocycles. The number of carbonyl (C=O) groups excluding carboxylic acids is 2. The number of anilines is 1. The molecule has 0 amide bonds. The Morgan fingerprint density at radius 2 is 1.87 bits per heavy atom. The molecule has 1 unspecified atom stereocenters. The number of methoxy groups -OCH3 is 1. The van der Waals surface area contributed by atoms with Crippen molar-refractivity contribution in [1.29, 1.82) is 5.26 Å². The summed E-state index contributed by atoms with van der Waals surface area (Å²) >= 11 is 0. The lowest BCUT2D eigenvalue weighted by atomic mass is 10.0. The summed E-state index contributed by atoms with van der Waals surface area (Å²) in [6.07, 6.45) is 0. The molecule has 2 rings (SSSR count). The van der Waals surface area contributed by atoms with E-state index in [2.05, 4.69) is 11.4 Å². The number of carbonyl (C=O) groups is 2. The first-order chi connectivity index (χ1) is 14.5. The van der Waals surface area contributed by atoms with Crippen LogP contribution in [-0.4, -0.2) is 38.9 Å². The monoisotopic (exact) mass is 412 g/mol. The molecule has 8 heteroatoms. The third-order valence-electron chi connectivity index (χ3n) is 4.05. The van der Waals surface area contributed by atoms with Crippen LogP contribution in [0.4, 0.5) is 5.69 Å². The molecular formula is C22H24N2O6. The third-order valence-corrected chi connectivity index (χ3v) is 4.05. The number of rotatable bonds is 10. The van der Waals surface area contributed by atoms with Gasteiger partial charge >= 0.3 is 11.9 Å². The van der Waals surface area contributed by atoms with Gasteiger partial charge in [-0.2, -0.15) is 5.26 Å². The standard InChI is InChI=1S/C22H24N2O6/c1-4-28-22(26)14-30-21-10-9-18(27-3)11-19(21)20(13-29-15(2)25)24-17-7-5-16(12-23)6-8-17/h5-11,20,24H,4,13-14H2,1-3H3. The molecule has 2 aromatic carbocycles. The van der Waals surface area contributed by atoms with Crippen molar-refractivity contribution < 1.29 is 28.5 Å². The predicted molar refractivity (Wildman–Crippen MR) is 109 cm³/mol. The third kappa shape index (κ3) is 6.71. The molecule has 0 bridgehead atoms. The van der Waals surface area contributed by atoms with Crippen molar-refractivity contribution in [2.45, 2.75) is 19.9 Å². The maximum Gasteiger partial charge on any atom is 0.344 e. The van der Waals surface area contributed by atoms with E-state index in [-0.39, 0.29) is 19.8 Å². The van der Waals surface area contributed by atoms with E-state index in [1.54, 1.807) is 49.4 Å². The average molecular weight is 412 g/mol. The van der Waals surface area contributed by atoms with Crippen molar-refractivity contribution >= 4 is 17.6 Å². The van der Waals surface area contributed by atoms with Gasteiger partial charge in [0.1, 0.15) is 18.1 Å². The molecule has 30 heavy (non-hydrogen) atoms. The van der Waals surface area contributed by atoms with Crippen LogP contribution in [0, 0.1) is 11.3 Å². The molecule has 0 saturated heterocycles. The number of hydrogen-bond donors (Lipinski definition) is 1. The molecule has 0 radical (unpaired) electrons. The van der Waals surface area contributed by atoms with Gasteiger partial charge in [0.25, 0.3) is 0 Å². The van der Waals surface area contributed by atoms with Crippen molar-refractivity contribution in [3.63, 3.8) is 0 Å². The number of esters is 2. The molecule has 0 saturated carbocycles. The fourth-order valence-corrected chi connectivity index (χ4v) is 2.65. The summed E-state index contributed by atoms with van der Waals surface area (Å²) in [5.74, 6) is 0.0689.